The van der Waals surface area contributed by atoms with Gasteiger partial charge in [-0.1, -0.05) is 6.92 Å². The fraction of sp³-hybridized carbons (Fsp3) is 0.500. The monoisotopic (exact) mass is 357 g/mol. The van der Waals surface area contributed by atoms with Crippen molar-refractivity contribution in [2.24, 2.45) is 0 Å². The van der Waals surface area contributed by atoms with Crippen LogP contribution in [0.15, 0.2) is 18.2 Å². The molecule has 1 aromatic heterocycles. The summed E-state index contributed by atoms with van der Waals surface area (Å²) in [7, 11) is 0. The molecule has 0 unspecified atom stereocenters. The van der Waals surface area contributed by atoms with Crippen LogP contribution in [-0.2, 0) is 9.53 Å². The maximum Gasteiger partial charge on any atom is 0.338 e. The van der Waals surface area contributed by atoms with Crippen LogP contribution in [0.5, 0.6) is 0 Å². The molecule has 3 rings (SSSR count). The van der Waals surface area contributed by atoms with Crippen molar-refractivity contribution in [3.05, 3.63) is 35.0 Å². The van der Waals surface area contributed by atoms with Crippen molar-refractivity contribution < 1.29 is 14.3 Å². The van der Waals surface area contributed by atoms with E-state index in [-0.39, 0.29) is 5.91 Å². The standard InChI is InChI=1S/C20H27N3O3/c1-5-22-8-10-23(11-9-22)19(24)15(4)26-20(25)16-6-7-18-17(12-16)13(2)14(3)21-18/h6-7,12,15,21H,5,8-11H2,1-4H3/t15-/m1/s1. The summed E-state index contributed by atoms with van der Waals surface area (Å²) in [6.07, 6.45) is -0.777. The van der Waals surface area contributed by atoms with E-state index in [4.69, 9.17) is 4.74 Å². The van der Waals surface area contributed by atoms with Crippen molar-refractivity contribution >= 4 is 22.8 Å². The van der Waals surface area contributed by atoms with Gasteiger partial charge in [-0.3, -0.25) is 4.79 Å². The fourth-order valence-corrected chi connectivity index (χ4v) is 3.41. The van der Waals surface area contributed by atoms with E-state index in [9.17, 15) is 9.59 Å². The topological polar surface area (TPSA) is 65.6 Å². The Morgan fingerprint density at radius 3 is 2.54 bits per heavy atom. The first kappa shape index (κ1) is 18.5. The largest absolute Gasteiger partial charge is 0.449 e. The highest BCUT2D eigenvalue weighted by Gasteiger charge is 2.27. The first-order valence-corrected chi connectivity index (χ1v) is 9.21. The molecule has 140 valence electrons. The number of carbonyl (C=O) groups is 2. The van der Waals surface area contributed by atoms with E-state index in [1.807, 2.05) is 26.0 Å². The second-order valence-electron chi connectivity index (χ2n) is 6.94. The molecule has 6 nitrogen and oxygen atoms in total. The lowest BCUT2D eigenvalue weighted by Gasteiger charge is -2.35. The van der Waals surface area contributed by atoms with Gasteiger partial charge in [0.2, 0.25) is 0 Å². The zero-order valence-electron chi connectivity index (χ0n) is 16.0. The number of fused-ring (bicyclic) bond motifs is 1. The lowest BCUT2D eigenvalue weighted by Crippen LogP contribution is -2.51. The molecule has 6 heteroatoms. The van der Waals surface area contributed by atoms with Crippen LogP contribution in [0.1, 0.15) is 35.5 Å². The third-order valence-electron chi connectivity index (χ3n) is 5.31. The second-order valence-corrected chi connectivity index (χ2v) is 6.94. The number of amides is 1. The molecule has 1 aliphatic rings. The van der Waals surface area contributed by atoms with Crippen LogP contribution < -0.4 is 0 Å². The van der Waals surface area contributed by atoms with Crippen molar-refractivity contribution in [3.8, 4) is 0 Å². The van der Waals surface area contributed by atoms with Gasteiger partial charge >= 0.3 is 5.97 Å². The Balaban J connectivity index is 1.65. The molecule has 1 saturated heterocycles. The van der Waals surface area contributed by atoms with Crippen LogP contribution in [0, 0.1) is 13.8 Å². The number of aryl methyl sites for hydroxylation is 2. The molecule has 26 heavy (non-hydrogen) atoms. The van der Waals surface area contributed by atoms with E-state index < -0.39 is 12.1 Å². The van der Waals surface area contributed by atoms with Crippen molar-refractivity contribution in [1.29, 1.82) is 0 Å². The molecule has 0 radical (unpaired) electrons. The summed E-state index contributed by atoms with van der Waals surface area (Å²) in [5.74, 6) is -0.581. The van der Waals surface area contributed by atoms with Gasteiger partial charge < -0.3 is 19.5 Å². The number of hydrogen-bond donors (Lipinski definition) is 1. The lowest BCUT2D eigenvalue weighted by atomic mass is 10.1. The Labute approximate surface area is 154 Å². The highest BCUT2D eigenvalue weighted by atomic mass is 16.5. The summed E-state index contributed by atoms with van der Waals surface area (Å²) in [5, 5.41) is 1.01. The zero-order valence-corrected chi connectivity index (χ0v) is 16.0. The van der Waals surface area contributed by atoms with E-state index in [0.717, 1.165) is 41.8 Å². The minimum Gasteiger partial charge on any atom is -0.449 e. The summed E-state index contributed by atoms with van der Waals surface area (Å²) in [4.78, 5) is 32.4. The summed E-state index contributed by atoms with van der Waals surface area (Å²) < 4.78 is 5.45. The molecular weight excluding hydrogens is 330 g/mol. The van der Waals surface area contributed by atoms with Crippen molar-refractivity contribution in [1.82, 2.24) is 14.8 Å². The summed E-state index contributed by atoms with van der Waals surface area (Å²) in [6, 6.07) is 5.44. The van der Waals surface area contributed by atoms with Crippen LogP contribution in [0.25, 0.3) is 10.9 Å². The number of nitrogens with zero attached hydrogens (tertiary/aromatic N) is 2. The molecule has 1 aliphatic heterocycles. The zero-order chi connectivity index (χ0) is 18.8. The minimum atomic E-state index is -0.777. The van der Waals surface area contributed by atoms with Gasteiger partial charge in [0, 0.05) is 42.8 Å². The average molecular weight is 357 g/mol. The van der Waals surface area contributed by atoms with Crippen molar-refractivity contribution in [3.63, 3.8) is 0 Å². The number of carbonyl (C=O) groups excluding carboxylic acids is 2. The van der Waals surface area contributed by atoms with Gasteiger partial charge in [-0.2, -0.15) is 0 Å². The number of esters is 1. The van der Waals surface area contributed by atoms with Gasteiger partial charge in [0.25, 0.3) is 5.91 Å². The smallest absolute Gasteiger partial charge is 0.338 e. The first-order chi connectivity index (χ1) is 12.4. The van der Waals surface area contributed by atoms with Crippen LogP contribution in [-0.4, -0.2) is 65.5 Å². The molecule has 2 aromatic rings. The number of hydrogen-bond acceptors (Lipinski definition) is 4. The van der Waals surface area contributed by atoms with Gasteiger partial charge in [-0.15, -0.1) is 0 Å². The molecule has 1 amide bonds. The average Bonchev–Trinajstić information content (AvgIpc) is 2.94. The van der Waals surface area contributed by atoms with Crippen LogP contribution in [0.4, 0.5) is 0 Å². The SMILES string of the molecule is CCN1CCN(C(=O)[C@@H](C)OC(=O)c2ccc3[nH]c(C)c(C)c3c2)CC1. The van der Waals surface area contributed by atoms with Crippen LogP contribution in [0.2, 0.25) is 0 Å². The molecule has 2 heterocycles. The van der Waals surface area contributed by atoms with Gasteiger partial charge in [-0.25, -0.2) is 4.79 Å². The Bertz CT molecular complexity index is 819. The fourth-order valence-electron chi connectivity index (χ4n) is 3.41. The Morgan fingerprint density at radius 2 is 1.88 bits per heavy atom. The minimum absolute atomic E-state index is 0.121. The first-order valence-electron chi connectivity index (χ1n) is 9.21. The van der Waals surface area contributed by atoms with Gasteiger partial charge in [0.15, 0.2) is 6.10 Å². The quantitative estimate of drug-likeness (QED) is 0.854. The molecule has 0 bridgehead atoms. The maximum atomic E-state index is 12.6. The van der Waals surface area contributed by atoms with Gasteiger partial charge in [0.05, 0.1) is 5.56 Å². The molecule has 1 N–H and O–H groups in total. The molecule has 0 aliphatic carbocycles. The molecule has 1 fully saturated rings. The highest BCUT2D eigenvalue weighted by molar-refractivity contribution is 5.97. The Morgan fingerprint density at radius 1 is 1.19 bits per heavy atom. The summed E-state index contributed by atoms with van der Waals surface area (Å²) in [5.41, 5.74) is 3.66. The van der Waals surface area contributed by atoms with E-state index in [1.165, 1.54) is 0 Å². The predicted octanol–water partition coefficient (Wildman–Crippen LogP) is 2.49. The van der Waals surface area contributed by atoms with Crippen molar-refractivity contribution in [2.45, 2.75) is 33.8 Å². The summed E-state index contributed by atoms with van der Waals surface area (Å²) >= 11 is 0. The van der Waals surface area contributed by atoms with Gasteiger partial charge in [-0.05, 0) is 51.1 Å². The lowest BCUT2D eigenvalue weighted by molar-refractivity contribution is -0.141. The third-order valence-corrected chi connectivity index (χ3v) is 5.31. The number of piperazine rings is 1. The Kier molecular flexibility index (Phi) is 5.32. The van der Waals surface area contributed by atoms with E-state index >= 15 is 0 Å². The number of nitrogens with one attached hydrogen (secondary N) is 1. The van der Waals surface area contributed by atoms with Crippen molar-refractivity contribution in [2.75, 3.05) is 32.7 Å². The maximum absolute atomic E-state index is 12.6. The van der Waals surface area contributed by atoms with Crippen LogP contribution in [0.3, 0.4) is 0 Å². The number of rotatable bonds is 4. The second kappa shape index (κ2) is 7.50. The van der Waals surface area contributed by atoms with Gasteiger partial charge in [0.1, 0.15) is 0 Å². The van der Waals surface area contributed by atoms with Crippen LogP contribution >= 0.6 is 0 Å². The number of ether oxygens (including phenoxy) is 1. The molecule has 1 aromatic carbocycles. The Hall–Kier alpha value is -2.34. The molecule has 0 spiro atoms. The number of likely N-dealkylation sites (N-methyl/N-ethyl adjacent to an activating group) is 1. The number of H-pyrrole nitrogens is 1. The van der Waals surface area contributed by atoms with E-state index in [0.29, 0.717) is 18.7 Å². The number of aromatic nitrogens is 1. The third kappa shape index (κ3) is 3.60. The predicted molar refractivity (Wildman–Crippen MR) is 101 cm³/mol. The molecular formula is C20H27N3O3. The van der Waals surface area contributed by atoms with E-state index in [1.54, 1.807) is 17.9 Å². The highest BCUT2D eigenvalue weighted by Crippen LogP contribution is 2.23. The summed E-state index contributed by atoms with van der Waals surface area (Å²) in [6.45, 7) is 11.9. The normalized spacial score (nSPS) is 16.7. The molecule has 0 saturated carbocycles. The number of aromatic amines is 1. The number of benzene rings is 1. The molecule has 1 atom stereocenters. The van der Waals surface area contributed by atoms with E-state index in [2.05, 4.69) is 16.8 Å².